The molecule has 1 fully saturated rings. The van der Waals surface area contributed by atoms with Crippen LogP contribution in [-0.2, 0) is 0 Å². The van der Waals surface area contributed by atoms with Crippen LogP contribution in [0.1, 0.15) is 41.0 Å². The van der Waals surface area contributed by atoms with Crippen molar-refractivity contribution in [3.8, 4) is 17.2 Å². The number of carbonyl (C=O) groups is 1. The monoisotopic (exact) mass is 463 g/mol. The number of rotatable bonds is 8. The van der Waals surface area contributed by atoms with E-state index in [0.717, 1.165) is 13.1 Å². The van der Waals surface area contributed by atoms with Crippen LogP contribution in [0.3, 0.4) is 0 Å². The second-order valence-corrected chi connectivity index (χ2v) is 8.72. The van der Waals surface area contributed by atoms with Crippen molar-refractivity contribution in [2.45, 2.75) is 31.8 Å². The number of ether oxygens (including phenoxy) is 3. The predicted octanol–water partition coefficient (Wildman–Crippen LogP) is 3.60. The van der Waals surface area contributed by atoms with Gasteiger partial charge in [0.25, 0.3) is 5.91 Å². The molecule has 1 aliphatic rings. The SMILES string of the molecule is COc1cc(C(=O)NC(=S)NC(C)C(c2cccs2)N2CCCC2)cc(OC)c1OC. The molecule has 3 rings (SSSR count). The third-order valence-corrected chi connectivity index (χ3v) is 6.52. The van der Waals surface area contributed by atoms with E-state index >= 15 is 0 Å². The van der Waals surface area contributed by atoms with Crippen LogP contribution >= 0.6 is 23.6 Å². The molecule has 2 heterocycles. The fourth-order valence-corrected chi connectivity index (χ4v) is 5.17. The van der Waals surface area contributed by atoms with E-state index in [1.54, 1.807) is 23.5 Å². The minimum Gasteiger partial charge on any atom is -0.493 e. The smallest absolute Gasteiger partial charge is 0.257 e. The van der Waals surface area contributed by atoms with Gasteiger partial charge in [0.2, 0.25) is 5.75 Å². The van der Waals surface area contributed by atoms with Gasteiger partial charge in [-0.15, -0.1) is 11.3 Å². The Morgan fingerprint density at radius 1 is 1.13 bits per heavy atom. The normalized spacial score (nSPS) is 15.7. The Bertz CT molecular complexity index is 873. The number of carbonyl (C=O) groups excluding carboxylic acids is 1. The lowest BCUT2D eigenvalue weighted by atomic mass is 10.1. The van der Waals surface area contributed by atoms with E-state index in [0.29, 0.717) is 22.8 Å². The fraction of sp³-hybridized carbons (Fsp3) is 0.455. The van der Waals surface area contributed by atoms with E-state index in [1.807, 2.05) is 0 Å². The van der Waals surface area contributed by atoms with E-state index in [4.69, 9.17) is 26.4 Å². The lowest BCUT2D eigenvalue weighted by molar-refractivity contribution is 0.0975. The van der Waals surface area contributed by atoms with Gasteiger partial charge in [0.1, 0.15) is 0 Å². The summed E-state index contributed by atoms with van der Waals surface area (Å²) in [6.45, 7) is 4.24. The Morgan fingerprint density at radius 2 is 1.77 bits per heavy atom. The summed E-state index contributed by atoms with van der Waals surface area (Å²) in [6.07, 6.45) is 2.41. The van der Waals surface area contributed by atoms with Crippen molar-refractivity contribution >= 4 is 34.6 Å². The van der Waals surface area contributed by atoms with Crippen LogP contribution in [0.2, 0.25) is 0 Å². The lowest BCUT2D eigenvalue weighted by Crippen LogP contribution is -2.48. The van der Waals surface area contributed by atoms with Gasteiger partial charge in [0.15, 0.2) is 16.6 Å². The van der Waals surface area contributed by atoms with Gasteiger partial charge >= 0.3 is 0 Å². The molecule has 31 heavy (non-hydrogen) atoms. The van der Waals surface area contributed by atoms with Gasteiger partial charge in [0.05, 0.1) is 27.4 Å². The summed E-state index contributed by atoms with van der Waals surface area (Å²) in [6, 6.07) is 7.66. The van der Waals surface area contributed by atoms with Crippen LogP contribution in [0.25, 0.3) is 0 Å². The molecule has 1 aliphatic heterocycles. The van der Waals surface area contributed by atoms with Crippen LogP contribution in [-0.4, -0.2) is 56.4 Å². The number of hydrogen-bond donors (Lipinski definition) is 2. The summed E-state index contributed by atoms with van der Waals surface area (Å²) in [5.41, 5.74) is 0.362. The Kier molecular flexibility index (Phi) is 8.11. The molecule has 0 bridgehead atoms. The second-order valence-electron chi connectivity index (χ2n) is 7.33. The van der Waals surface area contributed by atoms with Crippen molar-refractivity contribution in [2.75, 3.05) is 34.4 Å². The average Bonchev–Trinajstić information content (AvgIpc) is 3.47. The highest BCUT2D eigenvalue weighted by molar-refractivity contribution is 7.80. The van der Waals surface area contributed by atoms with E-state index in [-0.39, 0.29) is 23.1 Å². The molecule has 2 unspecified atom stereocenters. The van der Waals surface area contributed by atoms with Crippen molar-refractivity contribution in [1.29, 1.82) is 0 Å². The van der Waals surface area contributed by atoms with Crippen molar-refractivity contribution < 1.29 is 19.0 Å². The largest absolute Gasteiger partial charge is 0.493 e. The van der Waals surface area contributed by atoms with Crippen LogP contribution in [0, 0.1) is 0 Å². The summed E-state index contributed by atoms with van der Waals surface area (Å²) >= 11 is 7.20. The first-order valence-corrected chi connectivity index (χ1v) is 11.5. The maximum Gasteiger partial charge on any atom is 0.257 e. The first-order chi connectivity index (χ1) is 15.0. The van der Waals surface area contributed by atoms with E-state index in [1.165, 1.54) is 39.0 Å². The summed E-state index contributed by atoms with van der Waals surface area (Å²) in [5, 5.41) is 8.45. The van der Waals surface area contributed by atoms with E-state index in [2.05, 4.69) is 40.0 Å². The molecule has 168 valence electrons. The highest BCUT2D eigenvalue weighted by Crippen LogP contribution is 2.38. The molecule has 9 heteroatoms. The topological polar surface area (TPSA) is 72.1 Å². The molecule has 2 atom stereocenters. The second kappa shape index (κ2) is 10.8. The maximum absolute atomic E-state index is 12.8. The molecule has 0 saturated carbocycles. The average molecular weight is 464 g/mol. The molecule has 0 spiro atoms. The van der Waals surface area contributed by atoms with E-state index < -0.39 is 0 Å². The molecule has 0 radical (unpaired) electrons. The van der Waals surface area contributed by atoms with E-state index in [9.17, 15) is 4.79 Å². The zero-order chi connectivity index (χ0) is 22.4. The zero-order valence-corrected chi connectivity index (χ0v) is 19.9. The molecule has 2 aromatic rings. The number of thiocarbonyl (C=S) groups is 1. The first kappa shape index (κ1) is 23.3. The Balaban J connectivity index is 1.70. The summed E-state index contributed by atoms with van der Waals surface area (Å²) in [7, 11) is 4.54. The number of benzene rings is 1. The number of nitrogens with zero attached hydrogens (tertiary/aromatic N) is 1. The van der Waals surface area contributed by atoms with Crippen molar-refractivity contribution in [2.24, 2.45) is 0 Å². The number of nitrogens with one attached hydrogen (secondary N) is 2. The van der Waals surface area contributed by atoms with Gasteiger partial charge in [-0.25, -0.2) is 0 Å². The van der Waals surface area contributed by atoms with Crippen LogP contribution in [0.15, 0.2) is 29.6 Å². The Hall–Kier alpha value is -2.36. The minimum atomic E-state index is -0.349. The minimum absolute atomic E-state index is 0.0319. The summed E-state index contributed by atoms with van der Waals surface area (Å²) in [5.74, 6) is 0.898. The number of thiophene rings is 1. The van der Waals surface area contributed by atoms with Gasteiger partial charge in [0, 0.05) is 16.5 Å². The number of hydrogen-bond acceptors (Lipinski definition) is 7. The molecule has 7 nitrogen and oxygen atoms in total. The molecule has 1 aromatic heterocycles. The van der Waals surface area contributed by atoms with Gasteiger partial charge in [-0.05, 0) is 68.7 Å². The zero-order valence-electron chi connectivity index (χ0n) is 18.3. The molecule has 0 aliphatic carbocycles. The number of likely N-dealkylation sites (tertiary alicyclic amines) is 1. The van der Waals surface area contributed by atoms with Gasteiger partial charge in [-0.1, -0.05) is 6.07 Å². The molecular weight excluding hydrogens is 434 g/mol. The van der Waals surface area contributed by atoms with Crippen LogP contribution in [0.4, 0.5) is 0 Å². The fourth-order valence-electron chi connectivity index (χ4n) is 3.93. The highest BCUT2D eigenvalue weighted by Gasteiger charge is 2.29. The lowest BCUT2D eigenvalue weighted by Gasteiger charge is -2.33. The number of amides is 1. The van der Waals surface area contributed by atoms with Gasteiger partial charge in [-0.3, -0.25) is 15.0 Å². The predicted molar refractivity (Wildman–Crippen MR) is 127 cm³/mol. The van der Waals surface area contributed by atoms with Crippen molar-refractivity contribution in [3.63, 3.8) is 0 Å². The van der Waals surface area contributed by atoms with Gasteiger partial charge in [-0.2, -0.15) is 0 Å². The standard InChI is InChI=1S/C22H29N3O4S2/c1-14(19(18-8-7-11-31-18)25-9-5-6-10-25)23-22(30)24-21(26)15-12-16(27-2)20(29-4)17(13-15)28-3/h7-8,11-14,19H,5-6,9-10H2,1-4H3,(H2,23,24,26,30). The molecule has 2 N–H and O–H groups in total. The molecule has 1 aromatic carbocycles. The molecule has 1 saturated heterocycles. The quantitative estimate of drug-likeness (QED) is 0.580. The van der Waals surface area contributed by atoms with Gasteiger partial charge < -0.3 is 19.5 Å². The Labute approximate surface area is 192 Å². The Morgan fingerprint density at radius 3 is 2.29 bits per heavy atom. The first-order valence-electron chi connectivity index (χ1n) is 10.2. The molecule has 1 amide bonds. The molecular formula is C22H29N3O4S2. The van der Waals surface area contributed by atoms with Crippen molar-refractivity contribution in [3.05, 3.63) is 40.1 Å². The van der Waals surface area contributed by atoms with Crippen LogP contribution < -0.4 is 24.8 Å². The third-order valence-electron chi connectivity index (χ3n) is 5.36. The summed E-state index contributed by atoms with van der Waals surface area (Å²) in [4.78, 5) is 16.6. The van der Waals surface area contributed by atoms with Crippen molar-refractivity contribution in [1.82, 2.24) is 15.5 Å². The highest BCUT2D eigenvalue weighted by atomic mass is 32.1. The third kappa shape index (κ3) is 5.47. The summed E-state index contributed by atoms with van der Waals surface area (Å²) < 4.78 is 16.0. The maximum atomic E-state index is 12.8. The number of methoxy groups -OCH3 is 3. The van der Waals surface area contributed by atoms with Crippen LogP contribution in [0.5, 0.6) is 17.2 Å².